The third-order valence-corrected chi connectivity index (χ3v) is 5.74. The summed E-state index contributed by atoms with van der Waals surface area (Å²) in [6.45, 7) is 4.08. The topological polar surface area (TPSA) is 38.3 Å². The molecule has 0 aliphatic carbocycles. The summed E-state index contributed by atoms with van der Waals surface area (Å²) >= 11 is 13.9. The van der Waals surface area contributed by atoms with Crippen LogP contribution in [0.1, 0.15) is 12.5 Å². The SMILES string of the molecule is Cc1ccc(NC(=O)[C@@]2(Cl)SCCO[C@@]2(C)Cl)cc1. The van der Waals surface area contributed by atoms with Crippen molar-refractivity contribution in [2.24, 2.45) is 0 Å². The van der Waals surface area contributed by atoms with Crippen LogP contribution in [0, 0.1) is 6.92 Å². The first-order valence-electron chi connectivity index (χ1n) is 5.89. The first-order chi connectivity index (χ1) is 8.85. The van der Waals surface area contributed by atoms with Crippen molar-refractivity contribution in [3.8, 4) is 0 Å². The molecular weight excluding hydrogens is 305 g/mol. The van der Waals surface area contributed by atoms with Crippen LogP contribution < -0.4 is 5.32 Å². The molecule has 0 unspecified atom stereocenters. The molecule has 0 radical (unpaired) electrons. The van der Waals surface area contributed by atoms with Crippen LogP contribution in [0.4, 0.5) is 5.69 Å². The molecular formula is C13H15Cl2NO2S. The van der Waals surface area contributed by atoms with Crippen molar-refractivity contribution >= 4 is 46.6 Å². The summed E-state index contributed by atoms with van der Waals surface area (Å²) in [5, 5.41) is 1.55. The average Bonchev–Trinajstić information content (AvgIpc) is 2.35. The molecule has 1 heterocycles. The summed E-state index contributed by atoms with van der Waals surface area (Å²) in [6.07, 6.45) is 0. The Morgan fingerprint density at radius 1 is 1.37 bits per heavy atom. The monoisotopic (exact) mass is 319 g/mol. The van der Waals surface area contributed by atoms with E-state index in [0.29, 0.717) is 18.0 Å². The van der Waals surface area contributed by atoms with Gasteiger partial charge in [0.25, 0.3) is 5.91 Å². The molecule has 3 nitrogen and oxygen atoms in total. The Balaban J connectivity index is 2.16. The van der Waals surface area contributed by atoms with Crippen LogP contribution in [0.15, 0.2) is 24.3 Å². The van der Waals surface area contributed by atoms with Crippen LogP contribution in [0.3, 0.4) is 0 Å². The summed E-state index contributed by atoms with van der Waals surface area (Å²) < 4.78 is 4.08. The number of rotatable bonds is 2. The maximum atomic E-state index is 12.4. The third-order valence-electron chi connectivity index (χ3n) is 2.93. The lowest BCUT2D eigenvalue weighted by Crippen LogP contribution is -2.54. The molecule has 1 amide bonds. The van der Waals surface area contributed by atoms with E-state index in [-0.39, 0.29) is 5.91 Å². The predicted molar refractivity (Wildman–Crippen MR) is 81.1 cm³/mol. The zero-order valence-corrected chi connectivity index (χ0v) is 13.0. The number of amides is 1. The number of carbonyl (C=O) groups excluding carboxylic acids is 1. The molecule has 0 bridgehead atoms. The number of halogens is 2. The van der Waals surface area contributed by atoms with Crippen molar-refractivity contribution in [1.82, 2.24) is 0 Å². The smallest absolute Gasteiger partial charge is 0.260 e. The Bertz CT molecular complexity index is 478. The highest BCUT2D eigenvalue weighted by molar-refractivity contribution is 8.03. The van der Waals surface area contributed by atoms with E-state index in [1.54, 1.807) is 6.92 Å². The van der Waals surface area contributed by atoms with Crippen LogP contribution in [0.25, 0.3) is 0 Å². The second-order valence-corrected chi connectivity index (χ2v) is 7.35. The second kappa shape index (κ2) is 5.52. The van der Waals surface area contributed by atoms with Crippen molar-refractivity contribution in [2.75, 3.05) is 17.7 Å². The lowest BCUT2D eigenvalue weighted by Gasteiger charge is -2.41. The number of ether oxygens (including phenoxy) is 1. The van der Waals surface area contributed by atoms with Crippen LogP contribution in [0.2, 0.25) is 0 Å². The highest BCUT2D eigenvalue weighted by Crippen LogP contribution is 2.48. The molecule has 1 aliphatic heterocycles. The van der Waals surface area contributed by atoms with Gasteiger partial charge in [-0.05, 0) is 26.0 Å². The van der Waals surface area contributed by atoms with E-state index in [2.05, 4.69) is 5.32 Å². The zero-order valence-electron chi connectivity index (χ0n) is 10.7. The van der Waals surface area contributed by atoms with E-state index in [9.17, 15) is 4.79 Å². The van der Waals surface area contributed by atoms with Gasteiger partial charge >= 0.3 is 0 Å². The molecule has 2 rings (SSSR count). The third kappa shape index (κ3) is 3.02. The Labute approximate surface area is 127 Å². The largest absolute Gasteiger partial charge is 0.356 e. The summed E-state index contributed by atoms with van der Waals surface area (Å²) in [4.78, 5) is 12.4. The van der Waals surface area contributed by atoms with Crippen molar-refractivity contribution in [1.29, 1.82) is 0 Å². The fourth-order valence-corrected chi connectivity index (χ4v) is 3.36. The van der Waals surface area contributed by atoms with E-state index in [0.717, 1.165) is 5.56 Å². The van der Waals surface area contributed by atoms with Gasteiger partial charge in [-0.2, -0.15) is 0 Å². The summed E-state index contributed by atoms with van der Waals surface area (Å²) in [5.41, 5.74) is 1.81. The molecule has 1 fully saturated rings. The molecule has 1 aromatic rings. The van der Waals surface area contributed by atoms with Gasteiger partial charge in [0.15, 0.2) is 5.06 Å². The summed E-state index contributed by atoms with van der Waals surface area (Å²) in [7, 11) is 0. The normalized spacial score (nSPS) is 30.9. The van der Waals surface area contributed by atoms with Gasteiger partial charge in [0.2, 0.25) is 4.21 Å². The number of anilines is 1. The summed E-state index contributed by atoms with van der Waals surface area (Å²) in [5.74, 6) is 0.271. The Hall–Kier alpha value is -0.420. The lowest BCUT2D eigenvalue weighted by atomic mass is 10.2. The Kier molecular flexibility index (Phi) is 4.35. The molecule has 1 N–H and O–H groups in total. The molecule has 19 heavy (non-hydrogen) atoms. The van der Waals surface area contributed by atoms with E-state index < -0.39 is 9.27 Å². The van der Waals surface area contributed by atoms with Gasteiger partial charge in [-0.3, -0.25) is 4.79 Å². The number of aryl methyl sites for hydroxylation is 1. The van der Waals surface area contributed by atoms with Gasteiger partial charge in [0.05, 0.1) is 6.61 Å². The molecule has 0 spiro atoms. The van der Waals surface area contributed by atoms with Crippen LogP contribution in [-0.4, -0.2) is 27.5 Å². The highest BCUT2D eigenvalue weighted by Gasteiger charge is 2.55. The molecule has 1 aromatic carbocycles. The number of alkyl halides is 2. The molecule has 6 heteroatoms. The summed E-state index contributed by atoms with van der Waals surface area (Å²) in [6, 6.07) is 7.49. The van der Waals surface area contributed by atoms with E-state index >= 15 is 0 Å². The highest BCUT2D eigenvalue weighted by atomic mass is 35.5. The van der Waals surface area contributed by atoms with Crippen LogP contribution >= 0.6 is 35.0 Å². The fourth-order valence-electron chi connectivity index (χ4n) is 1.75. The molecule has 1 aliphatic rings. The first kappa shape index (κ1) is 15.0. The minimum Gasteiger partial charge on any atom is -0.356 e. The minimum atomic E-state index is -1.34. The predicted octanol–water partition coefficient (Wildman–Crippen LogP) is 3.59. The Morgan fingerprint density at radius 2 is 2.00 bits per heavy atom. The van der Waals surface area contributed by atoms with Gasteiger partial charge in [0, 0.05) is 11.4 Å². The number of thioether (sulfide) groups is 1. The maximum absolute atomic E-state index is 12.4. The minimum absolute atomic E-state index is 0.361. The van der Waals surface area contributed by atoms with Crippen molar-refractivity contribution in [3.05, 3.63) is 29.8 Å². The van der Waals surface area contributed by atoms with Crippen molar-refractivity contribution in [2.45, 2.75) is 23.1 Å². The standard InChI is InChI=1S/C13H15Cl2NO2S/c1-9-3-5-10(6-4-9)16-11(17)13(15)12(2,14)18-7-8-19-13/h3-6H,7-8H2,1-2H3,(H,16,17)/t12-,13-/m1/s1. The second-order valence-electron chi connectivity index (χ2n) is 4.53. The molecule has 0 aromatic heterocycles. The van der Waals surface area contributed by atoms with Gasteiger partial charge in [-0.1, -0.05) is 40.9 Å². The average molecular weight is 320 g/mol. The number of hydrogen-bond donors (Lipinski definition) is 1. The molecule has 0 saturated carbocycles. The number of nitrogens with one attached hydrogen (secondary N) is 1. The van der Waals surface area contributed by atoms with Crippen molar-refractivity contribution in [3.63, 3.8) is 0 Å². The van der Waals surface area contributed by atoms with Gasteiger partial charge in [0.1, 0.15) is 0 Å². The lowest BCUT2D eigenvalue weighted by molar-refractivity contribution is -0.120. The molecule has 104 valence electrons. The van der Waals surface area contributed by atoms with Gasteiger partial charge in [-0.15, -0.1) is 11.8 Å². The number of hydrogen-bond acceptors (Lipinski definition) is 3. The number of benzene rings is 1. The van der Waals surface area contributed by atoms with Crippen LogP contribution in [-0.2, 0) is 9.53 Å². The molecule has 1 saturated heterocycles. The Morgan fingerprint density at radius 3 is 2.58 bits per heavy atom. The van der Waals surface area contributed by atoms with E-state index in [1.807, 2.05) is 31.2 Å². The van der Waals surface area contributed by atoms with Gasteiger partial charge < -0.3 is 10.1 Å². The number of carbonyl (C=O) groups is 1. The zero-order chi connectivity index (χ0) is 14.1. The first-order valence-corrected chi connectivity index (χ1v) is 7.63. The van der Waals surface area contributed by atoms with Gasteiger partial charge in [-0.25, -0.2) is 0 Å². The van der Waals surface area contributed by atoms with Crippen molar-refractivity contribution < 1.29 is 9.53 Å². The molecule has 2 atom stereocenters. The van der Waals surface area contributed by atoms with Crippen LogP contribution in [0.5, 0.6) is 0 Å². The van der Waals surface area contributed by atoms with E-state index in [1.165, 1.54) is 11.8 Å². The quantitative estimate of drug-likeness (QED) is 0.847. The van der Waals surface area contributed by atoms with E-state index in [4.69, 9.17) is 27.9 Å². The fraction of sp³-hybridized carbons (Fsp3) is 0.462. The maximum Gasteiger partial charge on any atom is 0.260 e.